The molecule has 0 amide bonds. The summed E-state index contributed by atoms with van der Waals surface area (Å²) < 4.78 is 5.07. The van der Waals surface area contributed by atoms with E-state index in [4.69, 9.17) is 4.74 Å². The average Bonchev–Trinajstić information content (AvgIpc) is 2.46. The predicted octanol–water partition coefficient (Wildman–Crippen LogP) is 2.56. The number of hydrogen-bond donors (Lipinski definition) is 1. The summed E-state index contributed by atoms with van der Waals surface area (Å²) in [6.07, 6.45) is 3.82. The molecule has 120 valence electrons. The molecule has 3 atom stereocenters. The van der Waals surface area contributed by atoms with Crippen LogP contribution >= 0.6 is 0 Å². The van der Waals surface area contributed by atoms with Crippen molar-refractivity contribution in [3.8, 4) is 0 Å². The molecular weight excluding hydrogens is 280 g/mol. The third-order valence-electron chi connectivity index (χ3n) is 6.25. The maximum absolute atomic E-state index is 12.7. The van der Waals surface area contributed by atoms with Crippen LogP contribution < -0.4 is 0 Å². The van der Waals surface area contributed by atoms with Gasteiger partial charge in [-0.05, 0) is 37.0 Å². The second-order valence-corrected chi connectivity index (χ2v) is 7.64. The Hall–Kier alpha value is -1.42. The van der Waals surface area contributed by atoms with Gasteiger partial charge in [0.05, 0.1) is 13.2 Å². The number of Topliss-reactive ketones (excluding diaryl/α,β-unsaturated/α-hetero) is 1. The van der Waals surface area contributed by atoms with Crippen LogP contribution in [0, 0.1) is 16.7 Å². The maximum atomic E-state index is 12.7. The standard InChI is InChI=1S/C18H24O4/c1-17(2)13-6-5-10-15(18(13,3)8-7-14(17)20)11(19)9-12(22-4)16(10)21/h9,13-14,20H,5-8H2,1-4H3. The molecule has 1 N–H and O–H groups in total. The summed E-state index contributed by atoms with van der Waals surface area (Å²) in [6, 6.07) is 0. The van der Waals surface area contributed by atoms with Crippen LogP contribution in [0.25, 0.3) is 0 Å². The van der Waals surface area contributed by atoms with Crippen molar-refractivity contribution in [3.05, 3.63) is 23.0 Å². The van der Waals surface area contributed by atoms with E-state index in [0.29, 0.717) is 24.0 Å². The molecule has 0 aromatic carbocycles. The molecule has 0 heterocycles. The quantitative estimate of drug-likeness (QED) is 0.756. The highest BCUT2D eigenvalue weighted by atomic mass is 16.5. The molecule has 0 aromatic heterocycles. The van der Waals surface area contributed by atoms with E-state index in [1.165, 1.54) is 13.2 Å². The molecule has 3 rings (SSSR count). The van der Waals surface area contributed by atoms with Gasteiger partial charge in [-0.25, -0.2) is 0 Å². The zero-order chi connectivity index (χ0) is 16.3. The number of allylic oxidation sites excluding steroid dienone is 3. The van der Waals surface area contributed by atoms with Crippen LogP contribution in [0.5, 0.6) is 0 Å². The second-order valence-electron chi connectivity index (χ2n) is 7.64. The molecule has 1 fully saturated rings. The largest absolute Gasteiger partial charge is 0.493 e. The molecule has 1 saturated carbocycles. The van der Waals surface area contributed by atoms with E-state index in [-0.39, 0.29) is 40.2 Å². The number of fused-ring (bicyclic) bond motifs is 2. The number of aliphatic hydroxyl groups is 1. The van der Waals surface area contributed by atoms with E-state index in [2.05, 4.69) is 20.8 Å². The molecule has 3 aliphatic carbocycles. The highest BCUT2D eigenvalue weighted by molar-refractivity contribution is 6.22. The smallest absolute Gasteiger partial charge is 0.224 e. The van der Waals surface area contributed by atoms with Gasteiger partial charge in [0.2, 0.25) is 5.78 Å². The number of carbonyl (C=O) groups excluding carboxylic acids is 2. The Labute approximate surface area is 131 Å². The summed E-state index contributed by atoms with van der Waals surface area (Å²) >= 11 is 0. The Morgan fingerprint density at radius 3 is 2.55 bits per heavy atom. The van der Waals surface area contributed by atoms with E-state index in [1.54, 1.807) is 0 Å². The summed E-state index contributed by atoms with van der Waals surface area (Å²) in [5.74, 6) is 0.129. The lowest BCUT2D eigenvalue weighted by Gasteiger charge is -2.56. The van der Waals surface area contributed by atoms with E-state index in [1.807, 2.05) is 0 Å². The molecule has 0 aromatic rings. The summed E-state index contributed by atoms with van der Waals surface area (Å²) in [5, 5.41) is 10.4. The topological polar surface area (TPSA) is 63.6 Å². The molecule has 4 nitrogen and oxygen atoms in total. The monoisotopic (exact) mass is 304 g/mol. The average molecular weight is 304 g/mol. The minimum Gasteiger partial charge on any atom is -0.493 e. The van der Waals surface area contributed by atoms with Crippen molar-refractivity contribution in [2.45, 2.75) is 52.6 Å². The fraction of sp³-hybridized carbons (Fsp3) is 0.667. The van der Waals surface area contributed by atoms with Crippen LogP contribution in [0.4, 0.5) is 0 Å². The molecule has 0 radical (unpaired) electrons. The maximum Gasteiger partial charge on any atom is 0.224 e. The molecule has 3 unspecified atom stereocenters. The first kappa shape index (κ1) is 15.5. The van der Waals surface area contributed by atoms with Gasteiger partial charge in [0.1, 0.15) is 0 Å². The second kappa shape index (κ2) is 4.79. The SMILES string of the molecule is COC1=CC(=O)C2=C(CCC3C2(C)CCC(O)C3(C)C)C1=O. The zero-order valence-electron chi connectivity index (χ0n) is 13.7. The highest BCUT2D eigenvalue weighted by Gasteiger charge is 2.56. The van der Waals surface area contributed by atoms with Crippen molar-refractivity contribution in [3.63, 3.8) is 0 Å². The number of rotatable bonds is 1. The van der Waals surface area contributed by atoms with E-state index in [9.17, 15) is 14.7 Å². The van der Waals surface area contributed by atoms with Crippen molar-refractivity contribution in [1.82, 2.24) is 0 Å². The number of aliphatic hydroxyl groups excluding tert-OH is 1. The lowest BCUT2D eigenvalue weighted by molar-refractivity contribution is -0.124. The van der Waals surface area contributed by atoms with Crippen molar-refractivity contribution in [2.24, 2.45) is 16.7 Å². The molecular formula is C18H24O4. The lowest BCUT2D eigenvalue weighted by Crippen LogP contribution is -2.53. The van der Waals surface area contributed by atoms with E-state index in [0.717, 1.165) is 12.8 Å². The number of ketones is 2. The van der Waals surface area contributed by atoms with Crippen LogP contribution in [0.3, 0.4) is 0 Å². The minimum atomic E-state index is -0.354. The Morgan fingerprint density at radius 1 is 1.23 bits per heavy atom. The van der Waals surface area contributed by atoms with Gasteiger partial charge in [-0.2, -0.15) is 0 Å². The van der Waals surface area contributed by atoms with Crippen LogP contribution in [0.15, 0.2) is 23.0 Å². The summed E-state index contributed by atoms with van der Waals surface area (Å²) in [6.45, 7) is 6.25. The third-order valence-corrected chi connectivity index (χ3v) is 6.25. The van der Waals surface area contributed by atoms with Gasteiger partial charge >= 0.3 is 0 Å². The normalized spacial score (nSPS) is 37.4. The molecule has 4 heteroatoms. The van der Waals surface area contributed by atoms with Crippen molar-refractivity contribution in [2.75, 3.05) is 7.11 Å². The fourth-order valence-electron chi connectivity index (χ4n) is 5.00. The highest BCUT2D eigenvalue weighted by Crippen LogP contribution is 2.60. The number of ether oxygens (including phenoxy) is 1. The fourth-order valence-corrected chi connectivity index (χ4v) is 5.00. The molecule has 0 bridgehead atoms. The Kier molecular flexibility index (Phi) is 3.37. The van der Waals surface area contributed by atoms with E-state index >= 15 is 0 Å². The molecule has 0 aliphatic heterocycles. The van der Waals surface area contributed by atoms with Gasteiger partial charge in [-0.1, -0.05) is 20.8 Å². The summed E-state index contributed by atoms with van der Waals surface area (Å²) in [4.78, 5) is 25.2. The molecule has 22 heavy (non-hydrogen) atoms. The molecule has 3 aliphatic rings. The summed E-state index contributed by atoms with van der Waals surface area (Å²) in [7, 11) is 1.43. The van der Waals surface area contributed by atoms with Gasteiger partial charge in [-0.15, -0.1) is 0 Å². The van der Waals surface area contributed by atoms with Gasteiger partial charge in [0.25, 0.3) is 0 Å². The van der Waals surface area contributed by atoms with Crippen molar-refractivity contribution < 1.29 is 19.4 Å². The Bertz CT molecular complexity index is 611. The lowest BCUT2D eigenvalue weighted by atomic mass is 9.48. The predicted molar refractivity (Wildman–Crippen MR) is 82.0 cm³/mol. The van der Waals surface area contributed by atoms with Crippen LogP contribution in [-0.4, -0.2) is 29.9 Å². The first-order valence-corrected chi connectivity index (χ1v) is 8.00. The molecule has 0 saturated heterocycles. The number of methoxy groups -OCH3 is 1. The van der Waals surface area contributed by atoms with Crippen molar-refractivity contribution >= 4 is 11.6 Å². The van der Waals surface area contributed by atoms with Crippen molar-refractivity contribution in [1.29, 1.82) is 0 Å². The minimum absolute atomic E-state index is 0.0918. The van der Waals surface area contributed by atoms with Gasteiger partial charge in [0.15, 0.2) is 11.5 Å². The van der Waals surface area contributed by atoms with Gasteiger partial charge < -0.3 is 9.84 Å². The third kappa shape index (κ3) is 1.86. The van der Waals surface area contributed by atoms with E-state index < -0.39 is 0 Å². The first-order chi connectivity index (χ1) is 10.2. The van der Waals surface area contributed by atoms with Gasteiger partial charge in [-0.3, -0.25) is 9.59 Å². The Balaban J connectivity index is 2.11. The van der Waals surface area contributed by atoms with Crippen LogP contribution in [-0.2, 0) is 14.3 Å². The zero-order valence-corrected chi connectivity index (χ0v) is 13.7. The first-order valence-electron chi connectivity index (χ1n) is 8.00. The summed E-state index contributed by atoms with van der Waals surface area (Å²) in [5.41, 5.74) is 0.726. The number of hydrogen-bond acceptors (Lipinski definition) is 4. The number of carbonyl (C=O) groups is 2. The molecule has 0 spiro atoms. The Morgan fingerprint density at radius 2 is 1.91 bits per heavy atom. The van der Waals surface area contributed by atoms with Gasteiger partial charge in [0, 0.05) is 22.6 Å². The van der Waals surface area contributed by atoms with Crippen LogP contribution in [0.1, 0.15) is 46.5 Å². The van der Waals surface area contributed by atoms with Crippen LogP contribution in [0.2, 0.25) is 0 Å².